The third-order valence-corrected chi connectivity index (χ3v) is 11.6. The molecular formula is C6H14N4P4. The first kappa shape index (κ1) is 12.7. The lowest BCUT2D eigenvalue weighted by Crippen LogP contribution is -2.16. The third-order valence-electron chi connectivity index (χ3n) is 1.74. The topological polar surface area (TPSA) is 51.6 Å². The molecule has 0 saturated heterocycles. The Morgan fingerprint density at radius 1 is 1.36 bits per heavy atom. The Hall–Kier alpha value is 0.660. The molecule has 0 N–H and O–H groups in total. The van der Waals surface area contributed by atoms with E-state index in [-0.39, 0.29) is 7.30 Å². The summed E-state index contributed by atoms with van der Waals surface area (Å²) < 4.78 is 0. The van der Waals surface area contributed by atoms with Crippen LogP contribution in [0.2, 0.25) is 0 Å². The zero-order chi connectivity index (χ0) is 10.4. The van der Waals surface area contributed by atoms with Crippen molar-refractivity contribution >= 4 is 38.5 Å². The Balaban J connectivity index is 2.79. The molecule has 0 fully saturated rings. The van der Waals surface area contributed by atoms with Crippen LogP contribution < -0.4 is 5.44 Å². The van der Waals surface area contributed by atoms with Gasteiger partial charge in [0.2, 0.25) is 0 Å². The summed E-state index contributed by atoms with van der Waals surface area (Å²) in [5, 5.41) is 15.4. The zero-order valence-corrected chi connectivity index (χ0v) is 12.2. The molecule has 1 heterocycles. The molecule has 4 unspecified atom stereocenters. The van der Waals surface area contributed by atoms with Crippen molar-refractivity contribution in [3.63, 3.8) is 0 Å². The summed E-state index contributed by atoms with van der Waals surface area (Å²) in [4.78, 5) is 0. The highest BCUT2D eigenvalue weighted by Crippen LogP contribution is 2.64. The Morgan fingerprint density at radius 3 is 2.71 bits per heavy atom. The first-order valence-corrected chi connectivity index (χ1v) is 11.0. The summed E-state index contributed by atoms with van der Waals surface area (Å²) in [5.41, 5.74) is 2.07. The Bertz CT molecular complexity index is 284. The van der Waals surface area contributed by atoms with Gasteiger partial charge in [0.25, 0.3) is 0 Å². The molecule has 0 amide bonds. The van der Waals surface area contributed by atoms with Crippen molar-refractivity contribution < 1.29 is 0 Å². The highest BCUT2D eigenvalue weighted by Gasteiger charge is 2.12. The minimum Gasteiger partial charge on any atom is -0.131 e. The first-order valence-electron chi connectivity index (χ1n) is 4.35. The molecule has 0 saturated carbocycles. The number of unbranched alkanes of at least 4 members (excludes halogenated alkanes) is 1. The molecule has 0 spiro atoms. The third kappa shape index (κ3) is 3.67. The zero-order valence-electron chi connectivity index (χ0n) is 8.01. The van der Waals surface area contributed by atoms with Crippen molar-refractivity contribution in [2.24, 2.45) is 0 Å². The van der Waals surface area contributed by atoms with Gasteiger partial charge in [0.05, 0.1) is 5.69 Å². The summed E-state index contributed by atoms with van der Waals surface area (Å²) >= 11 is 0. The fourth-order valence-corrected chi connectivity index (χ4v) is 4.28. The molecule has 0 aliphatic heterocycles. The van der Waals surface area contributed by atoms with Crippen LogP contribution in [0.5, 0.6) is 0 Å². The lowest BCUT2D eigenvalue weighted by atomic mass is 10.2. The lowest BCUT2D eigenvalue weighted by Gasteiger charge is -2.09. The van der Waals surface area contributed by atoms with Gasteiger partial charge >= 0.3 is 0 Å². The monoisotopic (exact) mass is 266 g/mol. The maximum Gasteiger partial charge on any atom is 0.119 e. The molecule has 0 aromatic carbocycles. The van der Waals surface area contributed by atoms with E-state index in [1.54, 1.807) is 0 Å². The van der Waals surface area contributed by atoms with Crippen molar-refractivity contribution in [3.05, 3.63) is 5.69 Å². The highest BCUT2D eigenvalue weighted by atomic mass is 32.6. The van der Waals surface area contributed by atoms with E-state index in [2.05, 4.69) is 45.4 Å². The summed E-state index contributed by atoms with van der Waals surface area (Å²) in [6.45, 7) is 2.17. The van der Waals surface area contributed by atoms with Crippen LogP contribution in [0.15, 0.2) is 0 Å². The molecule has 1 rings (SSSR count). The second kappa shape index (κ2) is 7.02. The van der Waals surface area contributed by atoms with E-state index in [0.29, 0.717) is 0 Å². The molecule has 14 heavy (non-hydrogen) atoms. The largest absolute Gasteiger partial charge is 0.131 e. The van der Waals surface area contributed by atoms with Gasteiger partial charge in [-0.05, 0) is 30.6 Å². The SMILES string of the molecule is CCCCc1nnnnc1P(P)PP. The molecule has 4 nitrogen and oxygen atoms in total. The summed E-state index contributed by atoms with van der Waals surface area (Å²) in [6, 6.07) is 0. The van der Waals surface area contributed by atoms with Crippen LogP contribution in [0.3, 0.4) is 0 Å². The van der Waals surface area contributed by atoms with Crippen LogP contribution in [-0.4, -0.2) is 20.6 Å². The maximum absolute atomic E-state index is 4.08. The first-order chi connectivity index (χ1) is 6.79. The minimum absolute atomic E-state index is 0.280. The lowest BCUT2D eigenvalue weighted by molar-refractivity contribution is 0.704. The van der Waals surface area contributed by atoms with Gasteiger partial charge in [-0.2, -0.15) is 0 Å². The number of aromatic nitrogens is 4. The molecule has 4 atom stereocenters. The molecular weight excluding hydrogens is 252 g/mol. The van der Waals surface area contributed by atoms with Crippen molar-refractivity contribution in [1.82, 2.24) is 20.6 Å². The fraction of sp³-hybridized carbons (Fsp3) is 0.667. The maximum atomic E-state index is 4.08. The summed E-state index contributed by atoms with van der Waals surface area (Å²) in [6.07, 6.45) is 3.28. The molecule has 78 valence electrons. The Kier molecular flexibility index (Phi) is 6.38. The quantitative estimate of drug-likeness (QED) is 0.763. The van der Waals surface area contributed by atoms with E-state index >= 15 is 0 Å². The van der Waals surface area contributed by atoms with Gasteiger partial charge in [0.1, 0.15) is 5.44 Å². The molecule has 0 aliphatic rings. The molecule has 1 aromatic rings. The molecule has 8 heteroatoms. The van der Waals surface area contributed by atoms with Crippen LogP contribution in [0.25, 0.3) is 0 Å². The van der Waals surface area contributed by atoms with E-state index < -0.39 is 0 Å². The molecule has 0 aliphatic carbocycles. The number of hydrogen-bond acceptors (Lipinski definition) is 4. The van der Waals surface area contributed by atoms with Gasteiger partial charge in [0.15, 0.2) is 0 Å². The van der Waals surface area contributed by atoms with E-state index in [9.17, 15) is 0 Å². The van der Waals surface area contributed by atoms with Crippen molar-refractivity contribution in [2.45, 2.75) is 26.2 Å². The number of aryl methyl sites for hydroxylation is 1. The summed E-state index contributed by atoms with van der Waals surface area (Å²) in [7, 11) is 6.10. The number of rotatable bonds is 5. The summed E-state index contributed by atoms with van der Waals surface area (Å²) in [5.74, 6) is 0. The molecule has 1 aromatic heterocycles. The van der Waals surface area contributed by atoms with Gasteiger partial charge in [-0.3, -0.25) is 0 Å². The van der Waals surface area contributed by atoms with E-state index in [0.717, 1.165) is 31.9 Å². The van der Waals surface area contributed by atoms with Gasteiger partial charge in [-0.1, -0.05) is 21.3 Å². The van der Waals surface area contributed by atoms with E-state index in [1.807, 2.05) is 0 Å². The van der Waals surface area contributed by atoms with Crippen LogP contribution in [0, 0.1) is 0 Å². The second-order valence-electron chi connectivity index (χ2n) is 2.75. The minimum atomic E-state index is -0.280. The average molecular weight is 266 g/mol. The van der Waals surface area contributed by atoms with Gasteiger partial charge in [-0.25, -0.2) is 0 Å². The van der Waals surface area contributed by atoms with Crippen LogP contribution in [0.4, 0.5) is 0 Å². The predicted molar refractivity (Wildman–Crippen MR) is 70.5 cm³/mol. The van der Waals surface area contributed by atoms with Crippen molar-refractivity contribution in [3.8, 4) is 0 Å². The van der Waals surface area contributed by atoms with Gasteiger partial charge in [-0.15, -0.1) is 28.1 Å². The standard InChI is InChI=1S/C6H14N4P4/c1-2-3-4-5-6(14(12)13-11)8-10-9-7-5/h13H,2-4,11-12H2,1H3. The van der Waals surface area contributed by atoms with Crippen LogP contribution in [0.1, 0.15) is 25.5 Å². The van der Waals surface area contributed by atoms with E-state index in [1.165, 1.54) is 6.42 Å². The van der Waals surface area contributed by atoms with Crippen molar-refractivity contribution in [2.75, 3.05) is 0 Å². The Labute approximate surface area is 91.4 Å². The van der Waals surface area contributed by atoms with E-state index in [4.69, 9.17) is 0 Å². The van der Waals surface area contributed by atoms with Gasteiger partial charge < -0.3 is 0 Å². The number of hydrogen-bond donors (Lipinski definition) is 0. The van der Waals surface area contributed by atoms with Crippen molar-refractivity contribution in [1.29, 1.82) is 0 Å². The fourth-order valence-electron chi connectivity index (χ4n) is 0.993. The Morgan fingerprint density at radius 2 is 2.07 bits per heavy atom. The molecule has 0 bridgehead atoms. The second-order valence-corrected chi connectivity index (χ2v) is 11.8. The molecule has 0 radical (unpaired) electrons. The number of nitrogens with zero attached hydrogens (tertiary/aromatic N) is 4. The van der Waals surface area contributed by atoms with Crippen LogP contribution in [-0.2, 0) is 6.42 Å². The highest BCUT2D eigenvalue weighted by molar-refractivity contribution is 8.63. The smallest absolute Gasteiger partial charge is 0.119 e. The normalized spacial score (nSPS) is 13.6. The van der Waals surface area contributed by atoms with Gasteiger partial charge in [0, 0.05) is 0 Å². The average Bonchev–Trinajstić information content (AvgIpc) is 2.25. The van der Waals surface area contributed by atoms with Crippen LogP contribution >= 0.6 is 33.1 Å². The predicted octanol–water partition coefficient (Wildman–Crippen LogP) is 1.89.